The molecule has 0 spiro atoms. The number of nitrogens with one attached hydrogen (secondary N) is 1. The zero-order chi connectivity index (χ0) is 15.7. The second kappa shape index (κ2) is 5.63. The fourth-order valence-electron chi connectivity index (χ4n) is 2.67. The first-order valence-electron chi connectivity index (χ1n) is 7.26. The molecule has 2 aliphatic rings. The fraction of sp³-hybridized carbons (Fsp3) is 0.312. The molecule has 0 radical (unpaired) electrons. The molecular formula is C16H17N3O3. The lowest BCUT2D eigenvalue weighted by molar-refractivity contribution is -0.129. The average molecular weight is 299 g/mol. The van der Waals surface area contributed by atoms with Crippen LogP contribution in [0.3, 0.4) is 0 Å². The first-order valence-corrected chi connectivity index (χ1v) is 7.26. The van der Waals surface area contributed by atoms with Gasteiger partial charge in [0.05, 0.1) is 0 Å². The van der Waals surface area contributed by atoms with Gasteiger partial charge in [0.15, 0.2) is 0 Å². The number of hydrogen-bond donors (Lipinski definition) is 1. The summed E-state index contributed by atoms with van der Waals surface area (Å²) in [6, 6.07) is 7.02. The van der Waals surface area contributed by atoms with E-state index >= 15 is 0 Å². The molecule has 6 heteroatoms. The largest absolute Gasteiger partial charge is 0.372 e. The number of imide groups is 2. The summed E-state index contributed by atoms with van der Waals surface area (Å²) in [6.45, 7) is 2.13. The average Bonchev–Trinajstić information content (AvgIpc) is 3.04. The zero-order valence-corrected chi connectivity index (χ0v) is 12.3. The molecule has 1 N–H and O–H groups in total. The highest BCUT2D eigenvalue weighted by Gasteiger charge is 2.32. The van der Waals surface area contributed by atoms with Gasteiger partial charge in [0, 0.05) is 25.8 Å². The van der Waals surface area contributed by atoms with Gasteiger partial charge in [-0.05, 0) is 36.6 Å². The number of barbiturate groups is 1. The second-order valence-electron chi connectivity index (χ2n) is 5.47. The number of rotatable bonds is 2. The van der Waals surface area contributed by atoms with Crippen molar-refractivity contribution < 1.29 is 14.4 Å². The van der Waals surface area contributed by atoms with E-state index in [4.69, 9.17) is 0 Å². The summed E-state index contributed by atoms with van der Waals surface area (Å²) in [4.78, 5) is 38.3. The van der Waals surface area contributed by atoms with Crippen molar-refractivity contribution in [1.29, 1.82) is 0 Å². The number of amides is 4. The summed E-state index contributed by atoms with van der Waals surface area (Å²) in [5, 5.41) is 2.14. The molecule has 114 valence electrons. The van der Waals surface area contributed by atoms with Crippen molar-refractivity contribution in [2.75, 3.05) is 25.0 Å². The van der Waals surface area contributed by atoms with Crippen molar-refractivity contribution in [3.8, 4) is 0 Å². The van der Waals surface area contributed by atoms with Crippen LogP contribution in [0.4, 0.5) is 10.5 Å². The number of anilines is 1. The zero-order valence-electron chi connectivity index (χ0n) is 12.3. The van der Waals surface area contributed by atoms with Crippen molar-refractivity contribution in [1.82, 2.24) is 10.2 Å². The molecular weight excluding hydrogens is 282 g/mol. The van der Waals surface area contributed by atoms with Crippen molar-refractivity contribution >= 4 is 29.6 Å². The summed E-state index contributed by atoms with van der Waals surface area (Å²) < 4.78 is 0. The van der Waals surface area contributed by atoms with E-state index in [9.17, 15) is 14.4 Å². The molecule has 22 heavy (non-hydrogen) atoms. The maximum Gasteiger partial charge on any atom is 0.331 e. The SMILES string of the molecule is CN1C(=O)NC(=O)C(=Cc2ccc(N3CCCC3)cc2)C1=O. The summed E-state index contributed by atoms with van der Waals surface area (Å²) >= 11 is 0. The normalized spacial score (nSPS) is 20.8. The predicted octanol–water partition coefficient (Wildman–Crippen LogP) is 1.38. The van der Waals surface area contributed by atoms with Crippen molar-refractivity contribution in [2.24, 2.45) is 0 Å². The highest BCUT2D eigenvalue weighted by molar-refractivity contribution is 6.30. The molecule has 0 saturated carbocycles. The summed E-state index contributed by atoms with van der Waals surface area (Å²) in [7, 11) is 1.34. The highest BCUT2D eigenvalue weighted by atomic mass is 16.2. The van der Waals surface area contributed by atoms with Gasteiger partial charge >= 0.3 is 6.03 Å². The van der Waals surface area contributed by atoms with Crippen LogP contribution in [0.15, 0.2) is 29.8 Å². The van der Waals surface area contributed by atoms with E-state index in [2.05, 4.69) is 10.2 Å². The van der Waals surface area contributed by atoms with Gasteiger partial charge in [-0.2, -0.15) is 0 Å². The third kappa shape index (κ3) is 2.59. The molecule has 2 saturated heterocycles. The number of hydrogen-bond acceptors (Lipinski definition) is 4. The van der Waals surface area contributed by atoms with Gasteiger partial charge in [0.1, 0.15) is 5.57 Å². The third-order valence-corrected chi connectivity index (χ3v) is 3.98. The maximum absolute atomic E-state index is 12.0. The van der Waals surface area contributed by atoms with E-state index in [1.165, 1.54) is 26.0 Å². The van der Waals surface area contributed by atoms with Gasteiger partial charge in [-0.15, -0.1) is 0 Å². The van der Waals surface area contributed by atoms with Gasteiger partial charge in [-0.3, -0.25) is 19.8 Å². The van der Waals surface area contributed by atoms with E-state index in [1.54, 1.807) is 0 Å². The van der Waals surface area contributed by atoms with Gasteiger partial charge in [-0.1, -0.05) is 12.1 Å². The molecule has 2 fully saturated rings. The second-order valence-corrected chi connectivity index (χ2v) is 5.47. The molecule has 2 aliphatic heterocycles. The molecule has 1 aromatic rings. The Balaban J connectivity index is 1.83. The summed E-state index contributed by atoms with van der Waals surface area (Å²) in [5.41, 5.74) is 1.87. The van der Waals surface area contributed by atoms with Crippen molar-refractivity contribution in [3.05, 3.63) is 35.4 Å². The lowest BCUT2D eigenvalue weighted by atomic mass is 10.1. The minimum absolute atomic E-state index is 0.0315. The van der Waals surface area contributed by atoms with Crippen LogP contribution in [0.5, 0.6) is 0 Å². The number of carbonyl (C=O) groups excluding carboxylic acids is 3. The van der Waals surface area contributed by atoms with Gasteiger partial charge < -0.3 is 4.90 Å². The van der Waals surface area contributed by atoms with Crippen LogP contribution < -0.4 is 10.2 Å². The first kappa shape index (κ1) is 14.3. The van der Waals surface area contributed by atoms with E-state index in [1.807, 2.05) is 24.3 Å². The van der Waals surface area contributed by atoms with Gasteiger partial charge in [-0.25, -0.2) is 4.79 Å². The Morgan fingerprint density at radius 3 is 2.32 bits per heavy atom. The number of benzene rings is 1. The summed E-state index contributed by atoms with van der Waals surface area (Å²) in [6.07, 6.45) is 3.93. The first-order chi connectivity index (χ1) is 10.6. The van der Waals surface area contributed by atoms with Crippen LogP contribution in [0.1, 0.15) is 18.4 Å². The molecule has 6 nitrogen and oxygen atoms in total. The molecule has 3 rings (SSSR count). The maximum atomic E-state index is 12.0. The molecule has 2 heterocycles. The molecule has 4 amide bonds. The Morgan fingerprint density at radius 1 is 1.05 bits per heavy atom. The van der Waals surface area contributed by atoms with Crippen LogP contribution in [0, 0.1) is 0 Å². The third-order valence-electron chi connectivity index (χ3n) is 3.98. The molecule has 1 aromatic carbocycles. The lowest BCUT2D eigenvalue weighted by Crippen LogP contribution is -2.52. The Morgan fingerprint density at radius 2 is 1.68 bits per heavy atom. The van der Waals surface area contributed by atoms with Crippen LogP contribution in [-0.2, 0) is 9.59 Å². The van der Waals surface area contributed by atoms with Crippen molar-refractivity contribution in [2.45, 2.75) is 12.8 Å². The Hall–Kier alpha value is -2.63. The lowest BCUT2D eigenvalue weighted by Gasteiger charge is -2.22. The Kier molecular flexibility index (Phi) is 3.66. The van der Waals surface area contributed by atoms with Crippen LogP contribution in [0.25, 0.3) is 6.08 Å². The smallest absolute Gasteiger partial charge is 0.331 e. The predicted molar refractivity (Wildman–Crippen MR) is 82.2 cm³/mol. The van der Waals surface area contributed by atoms with Crippen LogP contribution >= 0.6 is 0 Å². The Labute approximate surface area is 128 Å². The number of urea groups is 1. The van der Waals surface area contributed by atoms with Gasteiger partial charge in [0.25, 0.3) is 11.8 Å². The quantitative estimate of drug-likeness (QED) is 0.661. The molecule has 0 atom stereocenters. The number of likely N-dealkylation sites (N-methyl/N-ethyl adjacent to an activating group) is 1. The van der Waals surface area contributed by atoms with Gasteiger partial charge in [0.2, 0.25) is 0 Å². The van der Waals surface area contributed by atoms with E-state index in [0.717, 1.165) is 29.2 Å². The minimum Gasteiger partial charge on any atom is -0.372 e. The number of nitrogens with zero attached hydrogens (tertiary/aromatic N) is 2. The topological polar surface area (TPSA) is 69.7 Å². The van der Waals surface area contributed by atoms with E-state index in [0.29, 0.717) is 0 Å². The van der Waals surface area contributed by atoms with E-state index < -0.39 is 17.8 Å². The molecule has 0 unspecified atom stereocenters. The molecule has 0 bridgehead atoms. The fourth-order valence-corrected chi connectivity index (χ4v) is 2.67. The molecule has 0 aromatic heterocycles. The van der Waals surface area contributed by atoms with Crippen molar-refractivity contribution in [3.63, 3.8) is 0 Å². The van der Waals surface area contributed by atoms with Crippen LogP contribution in [-0.4, -0.2) is 42.9 Å². The standard InChI is InChI=1S/C16H17N3O3/c1-18-15(21)13(14(20)17-16(18)22)10-11-4-6-12(7-5-11)19-8-2-3-9-19/h4-7,10H,2-3,8-9H2,1H3,(H,17,20,22). The van der Waals surface area contributed by atoms with E-state index in [-0.39, 0.29) is 5.57 Å². The molecule has 0 aliphatic carbocycles. The number of carbonyl (C=O) groups is 3. The Bertz CT molecular complexity index is 658. The minimum atomic E-state index is -0.698. The highest BCUT2D eigenvalue weighted by Crippen LogP contribution is 2.21. The monoisotopic (exact) mass is 299 g/mol. The summed E-state index contributed by atoms with van der Waals surface area (Å²) in [5.74, 6) is -1.24. The van der Waals surface area contributed by atoms with Crippen LogP contribution in [0.2, 0.25) is 0 Å².